The Kier molecular flexibility index (Phi) is 8.01. The van der Waals surface area contributed by atoms with E-state index >= 15 is 0 Å². The molecule has 1 aliphatic heterocycles. The van der Waals surface area contributed by atoms with Gasteiger partial charge in [0, 0.05) is 38.8 Å². The molecule has 0 spiro atoms. The Morgan fingerprint density at radius 1 is 1.22 bits per heavy atom. The van der Waals surface area contributed by atoms with E-state index in [1.54, 1.807) is 13.4 Å². The van der Waals surface area contributed by atoms with Crippen molar-refractivity contribution in [3.05, 3.63) is 42.0 Å². The lowest BCUT2D eigenvalue weighted by Crippen LogP contribution is -2.37. The van der Waals surface area contributed by atoms with Crippen LogP contribution in [0.2, 0.25) is 0 Å². The van der Waals surface area contributed by atoms with Gasteiger partial charge in [-0.05, 0) is 31.0 Å². The highest BCUT2D eigenvalue weighted by Gasteiger charge is 2.21. The smallest absolute Gasteiger partial charge is 0.227 e. The summed E-state index contributed by atoms with van der Waals surface area (Å²) in [7, 11) is 1.74. The fourth-order valence-electron chi connectivity index (χ4n) is 2.96. The molecule has 1 fully saturated rings. The van der Waals surface area contributed by atoms with E-state index < -0.39 is 0 Å². The van der Waals surface area contributed by atoms with E-state index in [-0.39, 0.29) is 29.9 Å². The van der Waals surface area contributed by atoms with Crippen molar-refractivity contribution in [3.63, 3.8) is 0 Å². The van der Waals surface area contributed by atoms with Crippen molar-refractivity contribution in [2.45, 2.75) is 39.4 Å². The molecule has 27 heavy (non-hydrogen) atoms. The van der Waals surface area contributed by atoms with E-state index in [9.17, 15) is 4.79 Å². The third-order valence-electron chi connectivity index (χ3n) is 4.46. The second-order valence-electron chi connectivity index (χ2n) is 6.13. The minimum atomic E-state index is 0. The van der Waals surface area contributed by atoms with Crippen LogP contribution < -0.4 is 15.5 Å². The topological polar surface area (TPSA) is 87.4 Å². The lowest BCUT2D eigenvalue weighted by molar-refractivity contribution is -0.117. The average Bonchev–Trinajstić information content (AvgIpc) is 3.31. The molecule has 3 rings (SSSR count). The number of guanidine groups is 1. The Hall–Kier alpha value is -2.17. The maximum Gasteiger partial charge on any atom is 0.227 e. The van der Waals surface area contributed by atoms with Crippen LogP contribution in [0.15, 0.2) is 35.6 Å². The molecule has 0 aliphatic carbocycles. The van der Waals surface area contributed by atoms with E-state index in [1.807, 2.05) is 33.7 Å². The van der Waals surface area contributed by atoms with Gasteiger partial charge >= 0.3 is 0 Å². The number of nitrogens with one attached hydrogen (secondary N) is 2. The van der Waals surface area contributed by atoms with Crippen LogP contribution in [0.1, 0.15) is 31.2 Å². The van der Waals surface area contributed by atoms with Crippen LogP contribution in [0.3, 0.4) is 0 Å². The molecule has 1 aliphatic rings. The first kappa shape index (κ1) is 21.1. The Labute approximate surface area is 176 Å². The predicted octanol–water partition coefficient (Wildman–Crippen LogP) is 1.91. The number of aromatic nitrogens is 3. The van der Waals surface area contributed by atoms with Crippen molar-refractivity contribution in [3.8, 4) is 0 Å². The SMILES string of the molecule is CCn1cnnc1CNC(=NC)NCc1ccc(N2CCCC2=O)cc1.I. The van der Waals surface area contributed by atoms with E-state index in [0.717, 1.165) is 36.6 Å². The quantitative estimate of drug-likeness (QED) is 0.373. The summed E-state index contributed by atoms with van der Waals surface area (Å²) in [5.41, 5.74) is 2.10. The van der Waals surface area contributed by atoms with Crippen molar-refractivity contribution >= 4 is 41.5 Å². The highest BCUT2D eigenvalue weighted by atomic mass is 127. The zero-order chi connectivity index (χ0) is 18.4. The van der Waals surface area contributed by atoms with Crippen LogP contribution in [0, 0.1) is 0 Å². The van der Waals surface area contributed by atoms with Crippen LogP contribution >= 0.6 is 24.0 Å². The van der Waals surface area contributed by atoms with Crippen LogP contribution in [-0.2, 0) is 24.4 Å². The molecule has 8 nitrogen and oxygen atoms in total. The highest BCUT2D eigenvalue weighted by molar-refractivity contribution is 14.0. The van der Waals surface area contributed by atoms with E-state index in [1.165, 1.54) is 0 Å². The molecular formula is C18H26IN7O. The van der Waals surface area contributed by atoms with Gasteiger partial charge in [-0.1, -0.05) is 12.1 Å². The number of hydrogen-bond donors (Lipinski definition) is 2. The molecule has 0 unspecified atom stereocenters. The number of nitrogens with zero attached hydrogens (tertiary/aromatic N) is 5. The van der Waals surface area contributed by atoms with Gasteiger partial charge in [0.2, 0.25) is 5.91 Å². The zero-order valence-electron chi connectivity index (χ0n) is 15.7. The summed E-state index contributed by atoms with van der Waals surface area (Å²) in [6.45, 7) is 4.91. The minimum Gasteiger partial charge on any atom is -0.352 e. The average molecular weight is 483 g/mol. The number of anilines is 1. The van der Waals surface area contributed by atoms with Crippen molar-refractivity contribution in [1.29, 1.82) is 0 Å². The summed E-state index contributed by atoms with van der Waals surface area (Å²) in [4.78, 5) is 17.9. The first-order chi connectivity index (χ1) is 12.7. The normalized spacial score (nSPS) is 14.2. The molecule has 1 saturated heterocycles. The number of aliphatic imine (C=N–C) groups is 1. The molecule has 0 saturated carbocycles. The first-order valence-electron chi connectivity index (χ1n) is 8.91. The number of aryl methyl sites for hydroxylation is 1. The highest BCUT2D eigenvalue weighted by Crippen LogP contribution is 2.21. The minimum absolute atomic E-state index is 0. The van der Waals surface area contributed by atoms with Gasteiger partial charge < -0.3 is 20.1 Å². The lowest BCUT2D eigenvalue weighted by Gasteiger charge is -2.16. The van der Waals surface area contributed by atoms with E-state index in [2.05, 4.69) is 32.7 Å². The van der Waals surface area contributed by atoms with Gasteiger partial charge in [0.25, 0.3) is 0 Å². The monoisotopic (exact) mass is 483 g/mol. The largest absolute Gasteiger partial charge is 0.352 e. The number of halogens is 1. The van der Waals surface area contributed by atoms with Crippen LogP contribution in [-0.4, -0.2) is 40.2 Å². The molecule has 9 heteroatoms. The third kappa shape index (κ3) is 5.41. The molecule has 2 N–H and O–H groups in total. The Bertz CT molecular complexity index is 772. The van der Waals surface area contributed by atoms with Gasteiger partial charge in [-0.15, -0.1) is 34.2 Å². The van der Waals surface area contributed by atoms with E-state index in [0.29, 0.717) is 25.5 Å². The molecule has 2 aromatic rings. The van der Waals surface area contributed by atoms with Crippen molar-refractivity contribution in [2.24, 2.45) is 4.99 Å². The molecule has 1 aromatic carbocycles. The van der Waals surface area contributed by atoms with Gasteiger partial charge in [0.15, 0.2) is 11.8 Å². The number of carbonyl (C=O) groups is 1. The Morgan fingerprint density at radius 3 is 2.59 bits per heavy atom. The molecule has 146 valence electrons. The summed E-state index contributed by atoms with van der Waals surface area (Å²) in [6.07, 6.45) is 3.31. The molecule has 2 heterocycles. The summed E-state index contributed by atoms with van der Waals surface area (Å²) < 4.78 is 1.98. The second kappa shape index (κ2) is 10.2. The number of rotatable bonds is 6. The standard InChI is InChI=1S/C18H25N7O.HI/c1-3-24-13-22-23-16(24)12-21-18(19-2)20-11-14-6-8-15(9-7-14)25-10-4-5-17(25)26;/h6-9,13H,3-5,10-12H2,1-2H3,(H2,19,20,21);1H. The van der Waals surface area contributed by atoms with Crippen LogP contribution in [0.4, 0.5) is 5.69 Å². The second-order valence-corrected chi connectivity index (χ2v) is 6.13. The van der Waals surface area contributed by atoms with Crippen molar-refractivity contribution in [1.82, 2.24) is 25.4 Å². The lowest BCUT2D eigenvalue weighted by atomic mass is 10.2. The van der Waals surface area contributed by atoms with Gasteiger partial charge in [-0.2, -0.15) is 0 Å². The number of hydrogen-bond acceptors (Lipinski definition) is 4. The fraction of sp³-hybridized carbons (Fsp3) is 0.444. The first-order valence-corrected chi connectivity index (χ1v) is 8.91. The van der Waals surface area contributed by atoms with Gasteiger partial charge in [-0.25, -0.2) is 0 Å². The number of carbonyl (C=O) groups excluding carboxylic acids is 1. The molecule has 1 aromatic heterocycles. The summed E-state index contributed by atoms with van der Waals surface area (Å²) >= 11 is 0. The van der Waals surface area contributed by atoms with Gasteiger partial charge in [0.1, 0.15) is 6.33 Å². The maximum absolute atomic E-state index is 11.8. The van der Waals surface area contributed by atoms with Crippen LogP contribution in [0.5, 0.6) is 0 Å². The molecule has 0 bridgehead atoms. The molecule has 1 amide bonds. The Morgan fingerprint density at radius 2 is 1.96 bits per heavy atom. The summed E-state index contributed by atoms with van der Waals surface area (Å²) in [6, 6.07) is 8.07. The summed E-state index contributed by atoms with van der Waals surface area (Å²) in [5.74, 6) is 1.78. The molecular weight excluding hydrogens is 457 g/mol. The van der Waals surface area contributed by atoms with Crippen molar-refractivity contribution in [2.75, 3.05) is 18.5 Å². The number of benzene rings is 1. The van der Waals surface area contributed by atoms with Gasteiger partial charge in [-0.3, -0.25) is 9.79 Å². The number of amides is 1. The summed E-state index contributed by atoms with van der Waals surface area (Å²) in [5, 5.41) is 14.5. The fourth-order valence-corrected chi connectivity index (χ4v) is 2.96. The Balaban J connectivity index is 0.00000261. The van der Waals surface area contributed by atoms with Crippen molar-refractivity contribution < 1.29 is 4.79 Å². The molecule has 0 radical (unpaired) electrons. The molecule has 0 atom stereocenters. The zero-order valence-corrected chi connectivity index (χ0v) is 18.0. The van der Waals surface area contributed by atoms with Gasteiger partial charge in [0.05, 0.1) is 6.54 Å². The van der Waals surface area contributed by atoms with E-state index in [4.69, 9.17) is 0 Å². The maximum atomic E-state index is 11.8. The third-order valence-corrected chi connectivity index (χ3v) is 4.46. The van der Waals surface area contributed by atoms with Crippen LogP contribution in [0.25, 0.3) is 0 Å². The predicted molar refractivity (Wildman–Crippen MR) is 116 cm³/mol.